The zero-order chi connectivity index (χ0) is 14.7. The van der Waals surface area contributed by atoms with Crippen molar-refractivity contribution in [3.8, 4) is 0 Å². The zero-order valence-electron chi connectivity index (χ0n) is 11.3. The smallest absolute Gasteiger partial charge is 0.240 e. The number of hydrogen-bond donors (Lipinski definition) is 1. The van der Waals surface area contributed by atoms with Crippen LogP contribution in [0.4, 0.5) is 0 Å². The van der Waals surface area contributed by atoms with Crippen molar-refractivity contribution in [3.63, 3.8) is 0 Å². The summed E-state index contributed by atoms with van der Waals surface area (Å²) in [6.45, 7) is 0.836. The lowest BCUT2D eigenvalue weighted by Gasteiger charge is -2.07. The number of pyridine rings is 1. The van der Waals surface area contributed by atoms with Crippen LogP contribution >= 0.6 is 15.9 Å². The largest absolute Gasteiger partial charge is 0.350 e. The van der Waals surface area contributed by atoms with Crippen molar-refractivity contribution in [1.29, 1.82) is 0 Å². The second-order valence-corrected chi connectivity index (χ2v) is 5.69. The first-order chi connectivity index (χ1) is 10.2. The number of carbonyl (C=O) groups is 1. The maximum Gasteiger partial charge on any atom is 0.240 e. The van der Waals surface area contributed by atoms with Crippen LogP contribution < -0.4 is 5.32 Å². The van der Waals surface area contributed by atoms with Gasteiger partial charge in [-0.1, -0.05) is 15.9 Å². The molecule has 4 nitrogen and oxygen atoms in total. The number of carbonyl (C=O) groups excluding carboxylic acids is 1. The summed E-state index contributed by atoms with van der Waals surface area (Å²) in [7, 11) is 0. The lowest BCUT2D eigenvalue weighted by atomic mass is 10.2. The molecular formula is C16H14BrN3O. The first kappa shape index (κ1) is 13.8. The van der Waals surface area contributed by atoms with Crippen LogP contribution in [-0.4, -0.2) is 15.5 Å². The van der Waals surface area contributed by atoms with Crippen molar-refractivity contribution < 1.29 is 4.79 Å². The zero-order valence-corrected chi connectivity index (χ0v) is 12.9. The van der Waals surface area contributed by atoms with E-state index in [0.717, 1.165) is 20.9 Å². The van der Waals surface area contributed by atoms with Crippen molar-refractivity contribution in [2.75, 3.05) is 0 Å². The Labute approximate surface area is 130 Å². The van der Waals surface area contributed by atoms with E-state index in [2.05, 4.69) is 26.2 Å². The van der Waals surface area contributed by atoms with Gasteiger partial charge >= 0.3 is 0 Å². The van der Waals surface area contributed by atoms with E-state index >= 15 is 0 Å². The predicted octanol–water partition coefficient (Wildman–Crippen LogP) is 3.12. The van der Waals surface area contributed by atoms with Gasteiger partial charge in [0.05, 0.1) is 0 Å². The van der Waals surface area contributed by atoms with E-state index in [4.69, 9.17) is 0 Å². The van der Waals surface area contributed by atoms with Crippen molar-refractivity contribution in [3.05, 3.63) is 65.0 Å². The third kappa shape index (κ3) is 3.31. The van der Waals surface area contributed by atoms with Crippen molar-refractivity contribution in [2.24, 2.45) is 0 Å². The van der Waals surface area contributed by atoms with Crippen LogP contribution in [0.2, 0.25) is 0 Å². The molecule has 21 heavy (non-hydrogen) atoms. The minimum Gasteiger partial charge on any atom is -0.350 e. The topological polar surface area (TPSA) is 46.9 Å². The molecule has 3 rings (SSSR count). The molecule has 0 bridgehead atoms. The molecule has 0 saturated heterocycles. The fraction of sp³-hybridized carbons (Fsp3) is 0.125. The average molecular weight is 344 g/mol. The maximum absolute atomic E-state index is 12.0. The standard InChI is InChI=1S/C16H14BrN3O/c17-14-1-2-15-13(9-14)5-8-20(15)11-16(21)19-10-12-3-6-18-7-4-12/h1-9H,10-11H2,(H,19,21). The van der Waals surface area contributed by atoms with Crippen LogP contribution in [-0.2, 0) is 17.9 Å². The molecule has 2 heterocycles. The van der Waals surface area contributed by atoms with Gasteiger partial charge < -0.3 is 9.88 Å². The molecule has 0 aliphatic carbocycles. The van der Waals surface area contributed by atoms with E-state index in [1.807, 2.05) is 47.2 Å². The summed E-state index contributed by atoms with van der Waals surface area (Å²) < 4.78 is 2.99. The van der Waals surface area contributed by atoms with Crippen LogP contribution in [0.15, 0.2) is 59.5 Å². The Morgan fingerprint density at radius 3 is 2.81 bits per heavy atom. The number of amides is 1. The van der Waals surface area contributed by atoms with E-state index in [1.165, 1.54) is 0 Å². The number of benzene rings is 1. The number of fused-ring (bicyclic) bond motifs is 1. The van der Waals surface area contributed by atoms with E-state index in [1.54, 1.807) is 12.4 Å². The van der Waals surface area contributed by atoms with Gasteiger partial charge in [0.25, 0.3) is 0 Å². The minimum absolute atomic E-state index is 0.00719. The Morgan fingerprint density at radius 2 is 2.00 bits per heavy atom. The summed E-state index contributed by atoms with van der Waals surface area (Å²) in [6.07, 6.45) is 5.38. The summed E-state index contributed by atoms with van der Waals surface area (Å²) in [5, 5.41) is 4.03. The number of rotatable bonds is 4. The summed E-state index contributed by atoms with van der Waals surface area (Å²) in [5.41, 5.74) is 2.09. The number of aromatic nitrogens is 2. The molecule has 5 heteroatoms. The van der Waals surface area contributed by atoms with Gasteiger partial charge in [-0.3, -0.25) is 9.78 Å². The summed E-state index contributed by atoms with van der Waals surface area (Å²) in [6, 6.07) is 11.8. The lowest BCUT2D eigenvalue weighted by Crippen LogP contribution is -2.26. The van der Waals surface area contributed by atoms with E-state index in [-0.39, 0.29) is 5.91 Å². The number of halogens is 1. The van der Waals surface area contributed by atoms with Crippen LogP contribution in [0.25, 0.3) is 10.9 Å². The average Bonchev–Trinajstić information content (AvgIpc) is 2.88. The van der Waals surface area contributed by atoms with Gasteiger partial charge in [0.2, 0.25) is 5.91 Å². The molecule has 0 unspecified atom stereocenters. The maximum atomic E-state index is 12.0. The molecule has 0 radical (unpaired) electrons. The Hall–Kier alpha value is -2.14. The summed E-state index contributed by atoms with van der Waals surface area (Å²) >= 11 is 3.45. The van der Waals surface area contributed by atoms with Gasteiger partial charge in [0.1, 0.15) is 6.54 Å². The fourth-order valence-electron chi connectivity index (χ4n) is 2.22. The predicted molar refractivity (Wildman–Crippen MR) is 85.7 cm³/mol. The third-order valence-electron chi connectivity index (χ3n) is 3.29. The van der Waals surface area contributed by atoms with Crippen molar-refractivity contribution >= 4 is 32.7 Å². The number of nitrogens with zero attached hydrogens (tertiary/aromatic N) is 2. The normalized spacial score (nSPS) is 10.7. The molecule has 1 aromatic carbocycles. The molecule has 1 amide bonds. The van der Waals surface area contributed by atoms with E-state index < -0.39 is 0 Å². The van der Waals surface area contributed by atoms with Crippen molar-refractivity contribution in [2.45, 2.75) is 13.1 Å². The number of hydrogen-bond acceptors (Lipinski definition) is 2. The first-order valence-electron chi connectivity index (χ1n) is 6.62. The van der Waals surface area contributed by atoms with E-state index in [9.17, 15) is 4.79 Å². The Kier molecular flexibility index (Phi) is 4.01. The van der Waals surface area contributed by atoms with Gasteiger partial charge in [-0.2, -0.15) is 0 Å². The quantitative estimate of drug-likeness (QED) is 0.791. The van der Waals surface area contributed by atoms with Crippen LogP contribution in [0.3, 0.4) is 0 Å². The highest BCUT2D eigenvalue weighted by atomic mass is 79.9. The highest BCUT2D eigenvalue weighted by Crippen LogP contribution is 2.20. The fourth-order valence-corrected chi connectivity index (χ4v) is 2.60. The molecule has 0 aliphatic heterocycles. The molecule has 0 atom stereocenters. The second kappa shape index (κ2) is 6.10. The summed E-state index contributed by atoms with van der Waals surface area (Å²) in [4.78, 5) is 16.0. The van der Waals surface area contributed by atoms with Gasteiger partial charge in [0.15, 0.2) is 0 Å². The van der Waals surface area contributed by atoms with Crippen LogP contribution in [0, 0.1) is 0 Å². The lowest BCUT2D eigenvalue weighted by molar-refractivity contribution is -0.121. The molecular weight excluding hydrogens is 330 g/mol. The molecule has 2 aromatic heterocycles. The number of nitrogens with one attached hydrogen (secondary N) is 1. The van der Waals surface area contributed by atoms with E-state index in [0.29, 0.717) is 13.1 Å². The molecule has 3 aromatic rings. The molecule has 106 valence electrons. The third-order valence-corrected chi connectivity index (χ3v) is 3.78. The molecule has 0 saturated carbocycles. The van der Waals surface area contributed by atoms with Crippen molar-refractivity contribution in [1.82, 2.24) is 14.9 Å². The van der Waals surface area contributed by atoms with Crippen LogP contribution in [0.1, 0.15) is 5.56 Å². The molecule has 0 aliphatic rings. The van der Waals surface area contributed by atoms with Gasteiger partial charge in [-0.25, -0.2) is 0 Å². The van der Waals surface area contributed by atoms with Gasteiger partial charge in [0, 0.05) is 40.5 Å². The minimum atomic E-state index is -0.00719. The summed E-state index contributed by atoms with van der Waals surface area (Å²) in [5.74, 6) is -0.00719. The van der Waals surface area contributed by atoms with Gasteiger partial charge in [-0.05, 0) is 42.0 Å². The second-order valence-electron chi connectivity index (χ2n) is 4.78. The molecule has 0 fully saturated rings. The highest BCUT2D eigenvalue weighted by molar-refractivity contribution is 9.10. The highest BCUT2D eigenvalue weighted by Gasteiger charge is 2.06. The monoisotopic (exact) mass is 343 g/mol. The Morgan fingerprint density at radius 1 is 1.19 bits per heavy atom. The van der Waals surface area contributed by atoms with Gasteiger partial charge in [-0.15, -0.1) is 0 Å². The Balaban J connectivity index is 1.66. The molecule has 0 spiro atoms. The Bertz CT molecular complexity index is 768. The molecule has 1 N–H and O–H groups in total. The first-order valence-corrected chi connectivity index (χ1v) is 7.42. The SMILES string of the molecule is O=C(Cn1ccc2cc(Br)ccc21)NCc1ccncc1. The van der Waals surface area contributed by atoms with Crippen LogP contribution in [0.5, 0.6) is 0 Å².